The molecule has 4 aromatic rings. The maximum absolute atomic E-state index is 12.9. The summed E-state index contributed by atoms with van der Waals surface area (Å²) < 4.78 is 16.7. The second-order valence-electron chi connectivity index (χ2n) is 9.11. The number of methoxy groups -OCH3 is 1. The number of aromatic nitrogens is 1. The Morgan fingerprint density at radius 2 is 1.54 bits per heavy atom. The average molecular weight is 530 g/mol. The fourth-order valence-corrected chi connectivity index (χ4v) is 4.48. The highest BCUT2D eigenvalue weighted by molar-refractivity contribution is 5.83. The molecule has 3 aromatic carbocycles. The summed E-state index contributed by atoms with van der Waals surface area (Å²) in [5, 5.41) is 7.11. The average Bonchev–Trinajstić information content (AvgIpc) is 3.37. The minimum absolute atomic E-state index is 0.0963. The number of hydrogen-bond acceptors (Lipinski definition) is 5. The molecule has 2 amide bonds. The van der Waals surface area contributed by atoms with Crippen molar-refractivity contribution in [2.75, 3.05) is 26.9 Å². The summed E-state index contributed by atoms with van der Waals surface area (Å²) >= 11 is 0. The van der Waals surface area contributed by atoms with Crippen molar-refractivity contribution in [3.8, 4) is 17.2 Å². The lowest BCUT2D eigenvalue weighted by Crippen LogP contribution is -2.46. The van der Waals surface area contributed by atoms with Gasteiger partial charge in [-0.15, -0.1) is 0 Å². The SMILES string of the molecule is CCOc1ccccc1OCC(=O)N[C@@H](CNC(=O)CCc1ccccc1OC)Cc1c[nH]c2ccccc12. The second kappa shape index (κ2) is 13.9. The summed E-state index contributed by atoms with van der Waals surface area (Å²) in [6.45, 7) is 2.50. The van der Waals surface area contributed by atoms with Crippen LogP contribution in [0.4, 0.5) is 0 Å². The number of aromatic amines is 1. The Bertz CT molecular complexity index is 1380. The van der Waals surface area contributed by atoms with Crippen molar-refractivity contribution < 1.29 is 23.8 Å². The molecule has 0 bridgehead atoms. The summed E-state index contributed by atoms with van der Waals surface area (Å²) in [6, 6.07) is 22.6. The van der Waals surface area contributed by atoms with E-state index >= 15 is 0 Å². The number of amides is 2. The first-order chi connectivity index (χ1) is 19.1. The molecule has 8 heteroatoms. The van der Waals surface area contributed by atoms with E-state index in [1.165, 1.54) is 0 Å². The summed E-state index contributed by atoms with van der Waals surface area (Å²) in [7, 11) is 1.62. The van der Waals surface area contributed by atoms with Gasteiger partial charge in [-0.25, -0.2) is 0 Å². The van der Waals surface area contributed by atoms with Crippen molar-refractivity contribution in [1.82, 2.24) is 15.6 Å². The predicted octanol–water partition coefficient (Wildman–Crippen LogP) is 4.43. The molecule has 0 radical (unpaired) electrons. The van der Waals surface area contributed by atoms with Gasteiger partial charge in [-0.2, -0.15) is 0 Å². The Labute approximate surface area is 228 Å². The van der Waals surface area contributed by atoms with Gasteiger partial charge in [-0.1, -0.05) is 48.5 Å². The molecule has 3 N–H and O–H groups in total. The van der Waals surface area contributed by atoms with Gasteiger partial charge < -0.3 is 29.8 Å². The van der Waals surface area contributed by atoms with E-state index in [1.807, 2.05) is 73.8 Å². The molecular formula is C31H35N3O5. The second-order valence-corrected chi connectivity index (χ2v) is 9.11. The van der Waals surface area contributed by atoms with Crippen LogP contribution in [0.5, 0.6) is 17.2 Å². The van der Waals surface area contributed by atoms with Gasteiger partial charge in [0.1, 0.15) is 5.75 Å². The topological polar surface area (TPSA) is 102 Å². The molecular weight excluding hydrogens is 494 g/mol. The Balaban J connectivity index is 1.38. The lowest BCUT2D eigenvalue weighted by Gasteiger charge is -2.20. The zero-order valence-corrected chi connectivity index (χ0v) is 22.4. The summed E-state index contributed by atoms with van der Waals surface area (Å²) in [6.07, 6.45) is 3.36. The van der Waals surface area contributed by atoms with Crippen molar-refractivity contribution in [2.45, 2.75) is 32.2 Å². The lowest BCUT2D eigenvalue weighted by molar-refractivity contribution is -0.125. The minimum atomic E-state index is -0.336. The van der Waals surface area contributed by atoms with Crippen LogP contribution in [0, 0.1) is 0 Å². The van der Waals surface area contributed by atoms with Gasteiger partial charge in [-0.05, 0) is 55.2 Å². The number of fused-ring (bicyclic) bond motifs is 1. The predicted molar refractivity (Wildman–Crippen MR) is 151 cm³/mol. The number of para-hydroxylation sites is 4. The highest BCUT2D eigenvalue weighted by atomic mass is 16.5. The van der Waals surface area contributed by atoms with E-state index in [2.05, 4.69) is 15.6 Å². The largest absolute Gasteiger partial charge is 0.496 e. The maximum atomic E-state index is 12.9. The fourth-order valence-electron chi connectivity index (χ4n) is 4.48. The molecule has 0 saturated heterocycles. The van der Waals surface area contributed by atoms with E-state index in [1.54, 1.807) is 19.2 Å². The molecule has 0 aliphatic carbocycles. The fraction of sp³-hybridized carbons (Fsp3) is 0.290. The maximum Gasteiger partial charge on any atom is 0.258 e. The monoisotopic (exact) mass is 529 g/mol. The number of hydrogen-bond donors (Lipinski definition) is 3. The summed E-state index contributed by atoms with van der Waals surface area (Å²) in [5.41, 5.74) is 3.05. The van der Waals surface area contributed by atoms with Crippen LogP contribution in [0.25, 0.3) is 10.9 Å². The van der Waals surface area contributed by atoms with Gasteiger partial charge in [-0.3, -0.25) is 9.59 Å². The third kappa shape index (κ3) is 7.77. The van der Waals surface area contributed by atoms with Crippen molar-refractivity contribution in [1.29, 1.82) is 0 Å². The Hall–Kier alpha value is -4.46. The molecule has 1 aromatic heterocycles. The third-order valence-corrected chi connectivity index (χ3v) is 6.37. The normalized spacial score (nSPS) is 11.5. The van der Waals surface area contributed by atoms with Gasteiger partial charge in [0, 0.05) is 30.1 Å². The number of benzene rings is 3. The van der Waals surface area contributed by atoms with E-state index in [4.69, 9.17) is 14.2 Å². The van der Waals surface area contributed by atoms with Gasteiger partial charge >= 0.3 is 0 Å². The number of nitrogens with one attached hydrogen (secondary N) is 3. The summed E-state index contributed by atoms with van der Waals surface area (Å²) in [5.74, 6) is 1.48. The third-order valence-electron chi connectivity index (χ3n) is 6.37. The van der Waals surface area contributed by atoms with Crippen LogP contribution in [-0.2, 0) is 22.4 Å². The number of carbonyl (C=O) groups is 2. The van der Waals surface area contributed by atoms with Crippen molar-refractivity contribution >= 4 is 22.7 Å². The van der Waals surface area contributed by atoms with Crippen LogP contribution in [0.3, 0.4) is 0 Å². The first-order valence-electron chi connectivity index (χ1n) is 13.1. The van der Waals surface area contributed by atoms with E-state index in [-0.39, 0.29) is 31.0 Å². The molecule has 1 heterocycles. The van der Waals surface area contributed by atoms with E-state index in [0.717, 1.165) is 27.8 Å². The quantitative estimate of drug-likeness (QED) is 0.224. The molecule has 0 spiro atoms. The molecule has 1 atom stereocenters. The van der Waals surface area contributed by atoms with E-state index in [9.17, 15) is 9.59 Å². The van der Waals surface area contributed by atoms with Crippen LogP contribution in [0.1, 0.15) is 24.5 Å². The Kier molecular flexibility index (Phi) is 9.83. The van der Waals surface area contributed by atoms with Crippen LogP contribution >= 0.6 is 0 Å². The van der Waals surface area contributed by atoms with Gasteiger partial charge in [0.05, 0.1) is 19.8 Å². The van der Waals surface area contributed by atoms with Crippen molar-refractivity contribution in [3.05, 3.63) is 90.1 Å². The number of rotatable bonds is 14. The molecule has 0 fully saturated rings. The van der Waals surface area contributed by atoms with Crippen LogP contribution in [-0.4, -0.2) is 49.7 Å². The highest BCUT2D eigenvalue weighted by Gasteiger charge is 2.18. The number of carbonyl (C=O) groups excluding carboxylic acids is 2. The standard InChI is InChI=1S/C31H35N3O5/c1-3-38-28-14-8-9-15-29(28)39-21-31(36)34-24(18-23-19-32-26-12-6-5-11-25(23)26)20-33-30(35)17-16-22-10-4-7-13-27(22)37-2/h4-15,19,24,32H,3,16-18,20-21H2,1-2H3,(H,33,35)(H,34,36)/t24-/m1/s1. The van der Waals surface area contributed by atoms with E-state index in [0.29, 0.717) is 37.4 Å². The van der Waals surface area contributed by atoms with Crippen LogP contribution in [0.15, 0.2) is 79.0 Å². The molecule has 4 rings (SSSR count). The van der Waals surface area contributed by atoms with Crippen molar-refractivity contribution in [2.24, 2.45) is 0 Å². The lowest BCUT2D eigenvalue weighted by atomic mass is 10.0. The number of ether oxygens (including phenoxy) is 3. The first kappa shape index (κ1) is 27.6. The molecule has 204 valence electrons. The van der Waals surface area contributed by atoms with E-state index < -0.39 is 0 Å². The Morgan fingerprint density at radius 1 is 0.846 bits per heavy atom. The molecule has 39 heavy (non-hydrogen) atoms. The zero-order valence-electron chi connectivity index (χ0n) is 22.4. The van der Waals surface area contributed by atoms with Crippen LogP contribution in [0.2, 0.25) is 0 Å². The molecule has 0 saturated carbocycles. The molecule has 0 aliphatic rings. The van der Waals surface area contributed by atoms with Crippen molar-refractivity contribution in [3.63, 3.8) is 0 Å². The molecule has 0 unspecified atom stereocenters. The highest BCUT2D eigenvalue weighted by Crippen LogP contribution is 2.26. The van der Waals surface area contributed by atoms with Gasteiger partial charge in [0.15, 0.2) is 18.1 Å². The Morgan fingerprint density at radius 3 is 2.31 bits per heavy atom. The first-order valence-corrected chi connectivity index (χ1v) is 13.1. The molecule has 8 nitrogen and oxygen atoms in total. The summed E-state index contributed by atoms with van der Waals surface area (Å²) in [4.78, 5) is 28.9. The van der Waals surface area contributed by atoms with Crippen LogP contribution < -0.4 is 24.8 Å². The van der Waals surface area contributed by atoms with Gasteiger partial charge in [0.2, 0.25) is 5.91 Å². The minimum Gasteiger partial charge on any atom is -0.496 e. The number of aryl methyl sites for hydroxylation is 1. The van der Waals surface area contributed by atoms with Gasteiger partial charge in [0.25, 0.3) is 5.91 Å². The zero-order chi connectivity index (χ0) is 27.5. The smallest absolute Gasteiger partial charge is 0.258 e. The number of H-pyrrole nitrogens is 1. The molecule has 0 aliphatic heterocycles.